The number of nitrogens with zero attached hydrogens (tertiary/aromatic N) is 1. The van der Waals surface area contributed by atoms with Crippen LogP contribution in [0, 0.1) is 0 Å². The highest BCUT2D eigenvalue weighted by atomic mass is 35.5. The third-order valence-corrected chi connectivity index (χ3v) is 6.10. The van der Waals surface area contributed by atoms with E-state index in [0.29, 0.717) is 35.2 Å². The lowest BCUT2D eigenvalue weighted by atomic mass is 10.00. The number of amides is 1. The topological polar surface area (TPSA) is 54.7 Å². The Kier molecular flexibility index (Phi) is 5.95. The van der Waals surface area contributed by atoms with Crippen LogP contribution < -0.4 is 5.32 Å². The molecule has 1 aromatic heterocycles. The Bertz CT molecular complexity index is 1230. The first-order valence-electron chi connectivity index (χ1n) is 10.7. The van der Waals surface area contributed by atoms with Crippen LogP contribution >= 0.6 is 11.6 Å². The van der Waals surface area contributed by atoms with E-state index >= 15 is 0 Å². The maximum Gasteiger partial charge on any atom is 0.255 e. The van der Waals surface area contributed by atoms with E-state index in [1.165, 1.54) is 0 Å². The summed E-state index contributed by atoms with van der Waals surface area (Å²) in [6.45, 7) is 2.73. The highest BCUT2D eigenvalue weighted by molar-refractivity contribution is 6.31. The highest BCUT2D eigenvalue weighted by Gasteiger charge is 2.32. The van der Waals surface area contributed by atoms with E-state index in [4.69, 9.17) is 20.8 Å². The third kappa shape index (κ3) is 4.02. The van der Waals surface area contributed by atoms with Gasteiger partial charge in [0.1, 0.15) is 5.58 Å². The average Bonchev–Trinajstić information content (AvgIpc) is 3.19. The average molecular weight is 447 g/mol. The summed E-state index contributed by atoms with van der Waals surface area (Å²) in [4.78, 5) is 15.4. The van der Waals surface area contributed by atoms with Crippen molar-refractivity contribution in [3.05, 3.63) is 101 Å². The standard InChI is InChI=1S/C26H23ClN2O3/c27-21-12-6-4-10-19(21)24(29-14-16-31-17-15-29)25-23(20-11-5-7-13-22(20)32-25)28-26(30)18-8-2-1-3-9-18/h1-13,24H,14-17H2,(H,28,30)/t24-/m1/s1. The van der Waals surface area contributed by atoms with Crippen molar-refractivity contribution in [3.63, 3.8) is 0 Å². The molecule has 3 aromatic carbocycles. The van der Waals surface area contributed by atoms with Crippen molar-refractivity contribution < 1.29 is 13.9 Å². The number of carbonyl (C=O) groups is 1. The van der Waals surface area contributed by atoms with Crippen LogP contribution in [0.2, 0.25) is 5.02 Å². The zero-order valence-corrected chi connectivity index (χ0v) is 18.2. The molecule has 0 radical (unpaired) electrons. The Hall–Kier alpha value is -3.12. The van der Waals surface area contributed by atoms with Gasteiger partial charge in [0.25, 0.3) is 5.91 Å². The number of rotatable bonds is 5. The van der Waals surface area contributed by atoms with E-state index in [-0.39, 0.29) is 11.9 Å². The molecule has 0 saturated carbocycles. The molecular formula is C26H23ClN2O3. The number of nitrogens with one attached hydrogen (secondary N) is 1. The van der Waals surface area contributed by atoms with Crippen molar-refractivity contribution in [2.75, 3.05) is 31.6 Å². The summed E-state index contributed by atoms with van der Waals surface area (Å²) in [6.07, 6.45) is 0. The van der Waals surface area contributed by atoms with Gasteiger partial charge in [-0.15, -0.1) is 0 Å². The maximum atomic E-state index is 13.1. The number of hydrogen-bond donors (Lipinski definition) is 1. The number of ether oxygens (including phenoxy) is 1. The van der Waals surface area contributed by atoms with Gasteiger partial charge in [-0.3, -0.25) is 9.69 Å². The Morgan fingerprint density at radius 2 is 1.59 bits per heavy atom. The number of para-hydroxylation sites is 1. The molecule has 5 nitrogen and oxygen atoms in total. The minimum atomic E-state index is -0.258. The van der Waals surface area contributed by atoms with Gasteiger partial charge in [-0.05, 0) is 35.9 Å². The summed E-state index contributed by atoms with van der Waals surface area (Å²) in [5.41, 5.74) is 2.91. The van der Waals surface area contributed by atoms with Crippen molar-refractivity contribution in [2.24, 2.45) is 0 Å². The minimum Gasteiger partial charge on any atom is -0.457 e. The molecule has 32 heavy (non-hydrogen) atoms. The molecule has 1 atom stereocenters. The molecule has 4 aromatic rings. The number of morpholine rings is 1. The van der Waals surface area contributed by atoms with E-state index in [1.54, 1.807) is 12.1 Å². The second-order valence-corrected chi connectivity index (χ2v) is 8.14. The summed E-state index contributed by atoms with van der Waals surface area (Å²) in [6, 6.07) is 24.5. The normalized spacial score (nSPS) is 15.5. The van der Waals surface area contributed by atoms with E-state index in [2.05, 4.69) is 10.2 Å². The fraction of sp³-hybridized carbons (Fsp3) is 0.192. The summed E-state index contributed by atoms with van der Waals surface area (Å²) in [5, 5.41) is 4.64. The Labute approximate surface area is 191 Å². The van der Waals surface area contributed by atoms with E-state index < -0.39 is 0 Å². The molecule has 1 aliphatic heterocycles. The van der Waals surface area contributed by atoms with Crippen molar-refractivity contribution in [1.82, 2.24) is 4.90 Å². The molecule has 1 fully saturated rings. The van der Waals surface area contributed by atoms with Crippen LogP contribution in [0.25, 0.3) is 11.0 Å². The minimum absolute atomic E-state index is 0.182. The van der Waals surface area contributed by atoms with Gasteiger partial charge in [0.15, 0.2) is 5.76 Å². The summed E-state index contributed by atoms with van der Waals surface area (Å²) in [7, 11) is 0. The monoisotopic (exact) mass is 446 g/mol. The molecule has 0 spiro atoms. The first kappa shape index (κ1) is 20.8. The Morgan fingerprint density at radius 1 is 0.906 bits per heavy atom. The largest absolute Gasteiger partial charge is 0.457 e. The van der Waals surface area contributed by atoms with Crippen molar-refractivity contribution in [2.45, 2.75) is 6.04 Å². The molecule has 2 heterocycles. The van der Waals surface area contributed by atoms with Gasteiger partial charge in [-0.1, -0.05) is 60.1 Å². The fourth-order valence-corrected chi connectivity index (χ4v) is 4.44. The fourth-order valence-electron chi connectivity index (χ4n) is 4.20. The third-order valence-electron chi connectivity index (χ3n) is 5.76. The maximum absolute atomic E-state index is 13.1. The highest BCUT2D eigenvalue weighted by Crippen LogP contribution is 2.42. The Balaban J connectivity index is 1.65. The molecule has 1 N–H and O–H groups in total. The van der Waals surface area contributed by atoms with Gasteiger partial charge in [-0.2, -0.15) is 0 Å². The SMILES string of the molecule is O=C(Nc1c([C@@H](c2ccccc2Cl)N2CCOCC2)oc2ccccc12)c1ccccc1. The Morgan fingerprint density at radius 3 is 2.38 bits per heavy atom. The van der Waals surface area contributed by atoms with Crippen LogP contribution in [-0.4, -0.2) is 37.1 Å². The number of furan rings is 1. The molecule has 0 bridgehead atoms. The van der Waals surface area contributed by atoms with E-state index in [1.807, 2.05) is 66.7 Å². The van der Waals surface area contributed by atoms with Crippen LogP contribution in [0.5, 0.6) is 0 Å². The van der Waals surface area contributed by atoms with E-state index in [0.717, 1.165) is 29.6 Å². The first-order valence-corrected chi connectivity index (χ1v) is 11.0. The molecule has 0 aliphatic carbocycles. The van der Waals surface area contributed by atoms with Gasteiger partial charge in [-0.25, -0.2) is 0 Å². The lowest BCUT2D eigenvalue weighted by Gasteiger charge is -2.34. The number of fused-ring (bicyclic) bond motifs is 1. The molecule has 6 heteroatoms. The van der Waals surface area contributed by atoms with Gasteiger partial charge in [0.05, 0.1) is 24.9 Å². The van der Waals surface area contributed by atoms with Crippen molar-refractivity contribution >= 4 is 34.2 Å². The van der Waals surface area contributed by atoms with Crippen LogP contribution in [-0.2, 0) is 4.74 Å². The lowest BCUT2D eigenvalue weighted by molar-refractivity contribution is 0.0206. The van der Waals surface area contributed by atoms with Crippen LogP contribution in [0.1, 0.15) is 27.7 Å². The van der Waals surface area contributed by atoms with Gasteiger partial charge in [0.2, 0.25) is 0 Å². The molecule has 0 unspecified atom stereocenters. The second kappa shape index (κ2) is 9.17. The summed E-state index contributed by atoms with van der Waals surface area (Å²) >= 11 is 6.65. The smallest absolute Gasteiger partial charge is 0.255 e. The number of benzene rings is 3. The molecular weight excluding hydrogens is 424 g/mol. The zero-order valence-electron chi connectivity index (χ0n) is 17.5. The van der Waals surface area contributed by atoms with Crippen LogP contribution in [0.4, 0.5) is 5.69 Å². The van der Waals surface area contributed by atoms with Crippen LogP contribution in [0.3, 0.4) is 0 Å². The molecule has 1 aliphatic rings. The predicted octanol–water partition coefficient (Wildman–Crippen LogP) is 5.76. The first-order chi connectivity index (χ1) is 15.7. The van der Waals surface area contributed by atoms with E-state index in [9.17, 15) is 4.79 Å². The quantitative estimate of drug-likeness (QED) is 0.423. The second-order valence-electron chi connectivity index (χ2n) is 7.73. The molecule has 1 amide bonds. The number of anilines is 1. The number of hydrogen-bond acceptors (Lipinski definition) is 4. The summed E-state index contributed by atoms with van der Waals surface area (Å²) in [5.74, 6) is 0.490. The lowest BCUT2D eigenvalue weighted by Crippen LogP contribution is -2.39. The van der Waals surface area contributed by atoms with Gasteiger partial charge < -0.3 is 14.5 Å². The number of halogens is 1. The summed E-state index contributed by atoms with van der Waals surface area (Å²) < 4.78 is 12.0. The zero-order chi connectivity index (χ0) is 21.9. The van der Waals surface area contributed by atoms with Crippen molar-refractivity contribution in [1.29, 1.82) is 0 Å². The predicted molar refractivity (Wildman–Crippen MR) is 126 cm³/mol. The van der Waals surface area contributed by atoms with Crippen molar-refractivity contribution in [3.8, 4) is 0 Å². The molecule has 5 rings (SSSR count). The van der Waals surface area contributed by atoms with Gasteiger partial charge in [0, 0.05) is 29.1 Å². The number of carbonyl (C=O) groups excluding carboxylic acids is 1. The van der Waals surface area contributed by atoms with Crippen LogP contribution in [0.15, 0.2) is 83.3 Å². The molecule has 1 saturated heterocycles. The molecule has 162 valence electrons. The van der Waals surface area contributed by atoms with Gasteiger partial charge >= 0.3 is 0 Å².